The van der Waals surface area contributed by atoms with Gasteiger partial charge in [-0.15, -0.1) is 0 Å². The van der Waals surface area contributed by atoms with E-state index in [9.17, 15) is 14.7 Å². The van der Waals surface area contributed by atoms with E-state index in [1.807, 2.05) is 31.2 Å². The smallest absolute Gasteiger partial charge is 0.264 e. The van der Waals surface area contributed by atoms with Gasteiger partial charge < -0.3 is 14.4 Å². The molecule has 0 saturated heterocycles. The Morgan fingerprint density at radius 3 is 2.48 bits per heavy atom. The highest BCUT2D eigenvalue weighted by Gasteiger charge is 2.51. The quantitative estimate of drug-likeness (QED) is 0.627. The summed E-state index contributed by atoms with van der Waals surface area (Å²) in [7, 11) is 0. The first kappa shape index (κ1) is 19.4. The maximum Gasteiger partial charge on any atom is 0.264 e. The standard InChI is InChI=1S/C23H20ClNO4/c1-14-3-6-16(7-4-14)13-25-19-9-8-17(24)11-18(19)23(28,22(25)27)12-20(26)21-10-5-15(2)29-21/h3-11,28H,12-13H2,1-2H3. The first-order valence-corrected chi connectivity index (χ1v) is 9.65. The lowest BCUT2D eigenvalue weighted by Gasteiger charge is -2.22. The van der Waals surface area contributed by atoms with E-state index in [0.717, 1.165) is 11.1 Å². The lowest BCUT2D eigenvalue weighted by atomic mass is 9.89. The minimum Gasteiger partial charge on any atom is -0.458 e. The van der Waals surface area contributed by atoms with E-state index in [-0.39, 0.29) is 12.3 Å². The fourth-order valence-electron chi connectivity index (χ4n) is 3.63. The maximum absolute atomic E-state index is 13.3. The van der Waals surface area contributed by atoms with Crippen LogP contribution in [0.3, 0.4) is 0 Å². The van der Waals surface area contributed by atoms with Gasteiger partial charge in [-0.1, -0.05) is 41.4 Å². The van der Waals surface area contributed by atoms with Crippen LogP contribution in [-0.2, 0) is 16.9 Å². The van der Waals surface area contributed by atoms with E-state index in [2.05, 4.69) is 0 Å². The third-order valence-corrected chi connectivity index (χ3v) is 5.42. The molecule has 0 aliphatic carbocycles. The zero-order valence-corrected chi connectivity index (χ0v) is 16.9. The van der Waals surface area contributed by atoms with E-state index in [1.54, 1.807) is 37.3 Å². The van der Waals surface area contributed by atoms with Crippen molar-refractivity contribution in [3.05, 3.63) is 87.8 Å². The Kier molecular flexibility index (Phi) is 4.81. The minimum atomic E-state index is -2.00. The van der Waals surface area contributed by atoms with Crippen molar-refractivity contribution in [2.24, 2.45) is 0 Å². The molecular weight excluding hydrogens is 390 g/mol. The summed E-state index contributed by atoms with van der Waals surface area (Å²) < 4.78 is 5.37. The second-order valence-corrected chi connectivity index (χ2v) is 7.85. The second-order valence-electron chi connectivity index (χ2n) is 7.41. The zero-order valence-electron chi connectivity index (χ0n) is 16.1. The van der Waals surface area contributed by atoms with Crippen LogP contribution >= 0.6 is 11.6 Å². The number of carbonyl (C=O) groups is 2. The van der Waals surface area contributed by atoms with Gasteiger partial charge >= 0.3 is 0 Å². The number of hydrogen-bond acceptors (Lipinski definition) is 4. The Labute approximate surface area is 173 Å². The molecule has 1 aromatic heterocycles. The van der Waals surface area contributed by atoms with Crippen LogP contribution in [-0.4, -0.2) is 16.8 Å². The van der Waals surface area contributed by atoms with Gasteiger partial charge in [0, 0.05) is 10.6 Å². The molecule has 0 spiro atoms. The number of aryl methyl sites for hydroxylation is 2. The first-order chi connectivity index (χ1) is 13.8. The number of nitrogens with zero attached hydrogens (tertiary/aromatic N) is 1. The fourth-order valence-corrected chi connectivity index (χ4v) is 3.80. The predicted octanol–water partition coefficient (Wildman–Crippen LogP) is 4.56. The van der Waals surface area contributed by atoms with Crippen molar-refractivity contribution in [1.82, 2.24) is 0 Å². The summed E-state index contributed by atoms with van der Waals surface area (Å²) in [5.41, 5.74) is 0.916. The number of furan rings is 1. The van der Waals surface area contributed by atoms with Gasteiger partial charge in [-0.2, -0.15) is 0 Å². The summed E-state index contributed by atoms with van der Waals surface area (Å²) in [5.74, 6) is -0.296. The molecule has 5 nitrogen and oxygen atoms in total. The van der Waals surface area contributed by atoms with Crippen molar-refractivity contribution < 1.29 is 19.1 Å². The van der Waals surface area contributed by atoms with E-state index < -0.39 is 23.7 Å². The molecule has 0 saturated carbocycles. The normalized spacial score (nSPS) is 18.2. The summed E-state index contributed by atoms with van der Waals surface area (Å²) in [6, 6.07) is 15.9. The molecule has 1 amide bonds. The molecule has 1 N–H and O–H groups in total. The topological polar surface area (TPSA) is 70.8 Å². The molecular formula is C23H20ClNO4. The summed E-state index contributed by atoms with van der Waals surface area (Å²) in [6.07, 6.45) is -0.420. The van der Waals surface area contributed by atoms with Crippen molar-refractivity contribution in [3.8, 4) is 0 Å². The van der Waals surface area contributed by atoms with Gasteiger partial charge in [-0.25, -0.2) is 0 Å². The second kappa shape index (κ2) is 7.17. The number of halogens is 1. The Morgan fingerprint density at radius 1 is 1.10 bits per heavy atom. The highest BCUT2D eigenvalue weighted by Crippen LogP contribution is 2.44. The molecule has 3 aromatic rings. The monoisotopic (exact) mass is 409 g/mol. The van der Waals surface area contributed by atoms with Crippen molar-refractivity contribution >= 4 is 29.0 Å². The van der Waals surface area contributed by atoms with Crippen LogP contribution in [0.1, 0.15) is 39.4 Å². The van der Waals surface area contributed by atoms with Crippen LogP contribution < -0.4 is 4.90 Å². The van der Waals surface area contributed by atoms with Gasteiger partial charge in [0.1, 0.15) is 5.76 Å². The zero-order chi connectivity index (χ0) is 20.8. The van der Waals surface area contributed by atoms with Crippen molar-refractivity contribution in [2.45, 2.75) is 32.4 Å². The van der Waals surface area contributed by atoms with Crippen molar-refractivity contribution in [1.29, 1.82) is 0 Å². The summed E-state index contributed by atoms with van der Waals surface area (Å²) in [5, 5.41) is 11.7. The number of carbonyl (C=O) groups excluding carboxylic acids is 2. The molecule has 29 heavy (non-hydrogen) atoms. The van der Waals surface area contributed by atoms with E-state index >= 15 is 0 Å². The summed E-state index contributed by atoms with van der Waals surface area (Å²) in [4.78, 5) is 27.5. The molecule has 4 rings (SSSR count). The molecule has 2 heterocycles. The van der Waals surface area contributed by atoms with E-state index in [1.165, 1.54) is 4.90 Å². The van der Waals surface area contributed by atoms with Gasteiger partial charge in [-0.05, 0) is 49.7 Å². The molecule has 148 valence electrons. The number of amides is 1. The molecule has 6 heteroatoms. The van der Waals surface area contributed by atoms with E-state index in [0.29, 0.717) is 22.0 Å². The molecule has 0 fully saturated rings. The Morgan fingerprint density at radius 2 is 1.83 bits per heavy atom. The molecule has 1 aliphatic heterocycles. The molecule has 2 aromatic carbocycles. The number of rotatable bonds is 5. The highest BCUT2D eigenvalue weighted by molar-refractivity contribution is 6.31. The van der Waals surface area contributed by atoms with Crippen molar-refractivity contribution in [2.75, 3.05) is 4.90 Å². The molecule has 1 unspecified atom stereocenters. The van der Waals surface area contributed by atoms with Crippen LogP contribution in [0.4, 0.5) is 5.69 Å². The first-order valence-electron chi connectivity index (χ1n) is 9.27. The molecule has 1 atom stereocenters. The van der Waals surface area contributed by atoms with Gasteiger partial charge in [0.05, 0.1) is 18.7 Å². The van der Waals surface area contributed by atoms with Crippen molar-refractivity contribution in [3.63, 3.8) is 0 Å². The third kappa shape index (κ3) is 3.48. The lowest BCUT2D eigenvalue weighted by molar-refractivity contribution is -0.136. The summed E-state index contributed by atoms with van der Waals surface area (Å²) >= 11 is 6.14. The summed E-state index contributed by atoms with van der Waals surface area (Å²) in [6.45, 7) is 4.00. The molecule has 0 bridgehead atoms. The third-order valence-electron chi connectivity index (χ3n) is 5.19. The average Bonchev–Trinajstić information content (AvgIpc) is 3.20. The van der Waals surface area contributed by atoms with E-state index in [4.69, 9.17) is 16.0 Å². The van der Waals surface area contributed by atoms with Gasteiger partial charge in [0.25, 0.3) is 5.91 Å². The highest BCUT2D eigenvalue weighted by atomic mass is 35.5. The Bertz CT molecular complexity index is 1100. The van der Waals surface area contributed by atoms with Gasteiger partial charge in [0.2, 0.25) is 5.78 Å². The SMILES string of the molecule is Cc1ccc(CN2C(=O)C(O)(CC(=O)c3ccc(C)o3)c3cc(Cl)ccc32)cc1. The van der Waals surface area contributed by atoms with Crippen LogP contribution in [0, 0.1) is 13.8 Å². The Balaban J connectivity index is 1.71. The largest absolute Gasteiger partial charge is 0.458 e. The number of benzene rings is 2. The number of aliphatic hydroxyl groups is 1. The van der Waals surface area contributed by atoms with Gasteiger partial charge in [0.15, 0.2) is 11.4 Å². The molecule has 0 radical (unpaired) electrons. The Hall–Kier alpha value is -2.89. The average molecular weight is 410 g/mol. The number of ketones is 1. The number of hydrogen-bond donors (Lipinski definition) is 1. The predicted molar refractivity (Wildman–Crippen MR) is 110 cm³/mol. The lowest BCUT2D eigenvalue weighted by Crippen LogP contribution is -2.41. The van der Waals surface area contributed by atoms with Gasteiger partial charge in [-0.3, -0.25) is 9.59 Å². The van der Waals surface area contributed by atoms with Crippen LogP contribution in [0.2, 0.25) is 5.02 Å². The van der Waals surface area contributed by atoms with Crippen LogP contribution in [0.5, 0.6) is 0 Å². The maximum atomic E-state index is 13.3. The fraction of sp³-hybridized carbons (Fsp3) is 0.217. The number of Topliss-reactive ketones (excluding diaryl/α,β-unsaturated/α-hetero) is 1. The molecule has 1 aliphatic rings. The van der Waals surface area contributed by atoms with Crippen LogP contribution in [0.25, 0.3) is 0 Å². The minimum absolute atomic E-state index is 0.115. The number of anilines is 1. The van der Waals surface area contributed by atoms with Crippen LogP contribution in [0.15, 0.2) is 59.0 Å². The number of fused-ring (bicyclic) bond motifs is 1.